The van der Waals surface area contributed by atoms with E-state index in [0.717, 1.165) is 32.5 Å². The number of hydrogen-bond acceptors (Lipinski definition) is 4. The highest BCUT2D eigenvalue weighted by Crippen LogP contribution is 2.33. The minimum atomic E-state index is -0.668. The smallest absolute Gasteiger partial charge is 0.146 e. The van der Waals surface area contributed by atoms with Gasteiger partial charge in [-0.05, 0) is 24.5 Å². The lowest BCUT2D eigenvalue weighted by atomic mass is 10.0. The summed E-state index contributed by atoms with van der Waals surface area (Å²) < 4.78 is 35.9. The second kappa shape index (κ2) is 8.06. The molecular formula is C21H22F2N4O. The van der Waals surface area contributed by atoms with Crippen molar-refractivity contribution in [3.05, 3.63) is 66.3 Å². The molecule has 1 aromatic carbocycles. The molecule has 1 fully saturated rings. The molecule has 7 heteroatoms. The van der Waals surface area contributed by atoms with Crippen molar-refractivity contribution < 1.29 is 13.5 Å². The average Bonchev–Trinajstić information content (AvgIpc) is 3.18. The number of likely N-dealkylation sites (tertiary alicyclic amines) is 1. The van der Waals surface area contributed by atoms with Gasteiger partial charge in [-0.15, -0.1) is 0 Å². The predicted octanol–water partition coefficient (Wildman–Crippen LogP) is 4.07. The first-order valence-electron chi connectivity index (χ1n) is 9.33. The fourth-order valence-corrected chi connectivity index (χ4v) is 3.79. The third-order valence-electron chi connectivity index (χ3n) is 5.22. The molecule has 0 saturated carbocycles. The van der Waals surface area contributed by atoms with Crippen LogP contribution in [0.25, 0.3) is 11.4 Å². The molecule has 0 unspecified atom stereocenters. The Labute approximate surface area is 162 Å². The number of ether oxygens (including phenoxy) is 1. The summed E-state index contributed by atoms with van der Waals surface area (Å²) in [6.07, 6.45) is 8.84. The quantitative estimate of drug-likeness (QED) is 0.665. The first-order valence-corrected chi connectivity index (χ1v) is 9.33. The molecule has 0 bridgehead atoms. The monoisotopic (exact) mass is 384 g/mol. The first-order chi connectivity index (χ1) is 13.7. The van der Waals surface area contributed by atoms with Gasteiger partial charge in [0.25, 0.3) is 0 Å². The van der Waals surface area contributed by atoms with Crippen LogP contribution in [0, 0.1) is 11.6 Å². The summed E-state index contributed by atoms with van der Waals surface area (Å²) in [7, 11) is 1.38. The van der Waals surface area contributed by atoms with Gasteiger partial charge in [0.2, 0.25) is 0 Å². The van der Waals surface area contributed by atoms with E-state index in [4.69, 9.17) is 4.74 Å². The van der Waals surface area contributed by atoms with Crippen LogP contribution < -0.4 is 4.74 Å². The van der Waals surface area contributed by atoms with Crippen LogP contribution in [-0.2, 0) is 6.54 Å². The molecule has 5 nitrogen and oxygen atoms in total. The Balaban J connectivity index is 1.50. The van der Waals surface area contributed by atoms with Crippen molar-refractivity contribution in [2.24, 2.45) is 0 Å². The fraction of sp³-hybridized carbons (Fsp3) is 0.333. The van der Waals surface area contributed by atoms with E-state index in [1.54, 1.807) is 18.6 Å². The van der Waals surface area contributed by atoms with E-state index in [2.05, 4.69) is 20.9 Å². The van der Waals surface area contributed by atoms with Crippen molar-refractivity contribution in [1.29, 1.82) is 0 Å². The van der Waals surface area contributed by atoms with Crippen molar-refractivity contribution in [2.75, 3.05) is 20.2 Å². The molecule has 0 spiro atoms. The molecule has 0 aliphatic carbocycles. The standard InChI is InChI=1S/C21H22F2N4O/c1-28-17-11-18(22)20(19(23)12-17)21-25-7-10-27(21)16-4-8-26(9-5-16)14-15-3-2-6-24-13-15/h2-3,6-7,10-13,16H,4-5,8-9,14H2,1H3. The number of methoxy groups -OCH3 is 1. The minimum Gasteiger partial charge on any atom is -0.497 e. The normalized spacial score (nSPS) is 15.7. The lowest BCUT2D eigenvalue weighted by molar-refractivity contribution is 0.180. The maximum Gasteiger partial charge on any atom is 0.146 e. The zero-order valence-corrected chi connectivity index (χ0v) is 15.7. The van der Waals surface area contributed by atoms with Gasteiger partial charge in [0.15, 0.2) is 0 Å². The molecule has 1 aliphatic heterocycles. The number of piperidine rings is 1. The zero-order chi connectivity index (χ0) is 19.5. The second-order valence-electron chi connectivity index (χ2n) is 6.99. The SMILES string of the molecule is COc1cc(F)c(-c2nccn2C2CCN(Cc3cccnc3)CC2)c(F)c1. The third-order valence-corrected chi connectivity index (χ3v) is 5.22. The van der Waals surface area contributed by atoms with Gasteiger partial charge in [0.05, 0.1) is 12.7 Å². The van der Waals surface area contributed by atoms with E-state index < -0.39 is 11.6 Å². The van der Waals surface area contributed by atoms with Gasteiger partial charge < -0.3 is 9.30 Å². The summed E-state index contributed by atoms with van der Waals surface area (Å²) in [5.41, 5.74) is 1.08. The molecule has 0 amide bonds. The molecule has 2 aromatic heterocycles. The molecular weight excluding hydrogens is 362 g/mol. The van der Waals surface area contributed by atoms with Crippen LogP contribution in [0.15, 0.2) is 49.1 Å². The highest BCUT2D eigenvalue weighted by molar-refractivity contribution is 5.59. The number of pyridine rings is 1. The number of aromatic nitrogens is 3. The largest absolute Gasteiger partial charge is 0.497 e. The molecule has 1 saturated heterocycles. The van der Waals surface area contributed by atoms with Gasteiger partial charge in [0, 0.05) is 62.6 Å². The minimum absolute atomic E-state index is 0.108. The summed E-state index contributed by atoms with van der Waals surface area (Å²) in [5.74, 6) is -0.861. The van der Waals surface area contributed by atoms with Crippen LogP contribution in [-0.4, -0.2) is 39.6 Å². The summed E-state index contributed by atoms with van der Waals surface area (Å²) in [6, 6.07) is 6.55. The summed E-state index contributed by atoms with van der Waals surface area (Å²) >= 11 is 0. The Morgan fingerprint density at radius 1 is 1.14 bits per heavy atom. The van der Waals surface area contributed by atoms with Gasteiger partial charge >= 0.3 is 0 Å². The van der Waals surface area contributed by atoms with E-state index in [-0.39, 0.29) is 17.4 Å². The lowest BCUT2D eigenvalue weighted by Gasteiger charge is -2.33. The van der Waals surface area contributed by atoms with Crippen molar-refractivity contribution in [3.8, 4) is 17.1 Å². The molecule has 3 aromatic rings. The van der Waals surface area contributed by atoms with E-state index in [9.17, 15) is 8.78 Å². The van der Waals surface area contributed by atoms with Crippen LogP contribution in [0.3, 0.4) is 0 Å². The van der Waals surface area contributed by atoms with E-state index in [1.165, 1.54) is 24.8 Å². The number of benzene rings is 1. The Hall–Kier alpha value is -2.80. The summed E-state index contributed by atoms with van der Waals surface area (Å²) in [5, 5.41) is 0. The average molecular weight is 384 g/mol. The van der Waals surface area contributed by atoms with Crippen molar-refractivity contribution >= 4 is 0 Å². The van der Waals surface area contributed by atoms with Crippen LogP contribution in [0.1, 0.15) is 24.4 Å². The number of hydrogen-bond donors (Lipinski definition) is 0. The number of rotatable bonds is 5. The van der Waals surface area contributed by atoms with Gasteiger partial charge in [-0.1, -0.05) is 6.07 Å². The summed E-state index contributed by atoms with van der Waals surface area (Å²) in [6.45, 7) is 2.68. The summed E-state index contributed by atoms with van der Waals surface area (Å²) in [4.78, 5) is 10.8. The molecule has 0 radical (unpaired) electrons. The predicted molar refractivity (Wildman–Crippen MR) is 102 cm³/mol. The lowest BCUT2D eigenvalue weighted by Crippen LogP contribution is -2.34. The van der Waals surface area contributed by atoms with Crippen LogP contribution in [0.2, 0.25) is 0 Å². The Bertz CT molecular complexity index is 914. The van der Waals surface area contributed by atoms with Crippen LogP contribution >= 0.6 is 0 Å². The van der Waals surface area contributed by atoms with Crippen molar-refractivity contribution in [2.45, 2.75) is 25.4 Å². The van der Waals surface area contributed by atoms with Crippen molar-refractivity contribution in [1.82, 2.24) is 19.4 Å². The number of nitrogens with zero attached hydrogens (tertiary/aromatic N) is 4. The Morgan fingerprint density at radius 2 is 1.89 bits per heavy atom. The maximum atomic E-state index is 14.5. The third kappa shape index (κ3) is 3.75. The molecule has 4 rings (SSSR count). The van der Waals surface area contributed by atoms with Gasteiger partial charge in [-0.2, -0.15) is 0 Å². The van der Waals surface area contributed by atoms with Crippen molar-refractivity contribution in [3.63, 3.8) is 0 Å². The highest BCUT2D eigenvalue weighted by Gasteiger charge is 2.25. The molecule has 28 heavy (non-hydrogen) atoms. The molecule has 0 N–H and O–H groups in total. The molecule has 1 aliphatic rings. The first kappa shape index (κ1) is 18.6. The molecule has 0 atom stereocenters. The van der Waals surface area contributed by atoms with E-state index in [0.29, 0.717) is 5.82 Å². The Kier molecular flexibility index (Phi) is 5.34. The fourth-order valence-electron chi connectivity index (χ4n) is 3.79. The van der Waals surface area contributed by atoms with E-state index >= 15 is 0 Å². The van der Waals surface area contributed by atoms with Crippen LogP contribution in [0.5, 0.6) is 5.75 Å². The Morgan fingerprint density at radius 3 is 2.54 bits per heavy atom. The van der Waals surface area contributed by atoms with Crippen LogP contribution in [0.4, 0.5) is 8.78 Å². The molecule has 3 heterocycles. The topological polar surface area (TPSA) is 43.2 Å². The van der Waals surface area contributed by atoms with Gasteiger partial charge in [-0.25, -0.2) is 13.8 Å². The molecule has 146 valence electrons. The highest BCUT2D eigenvalue weighted by atomic mass is 19.1. The van der Waals surface area contributed by atoms with Gasteiger partial charge in [0.1, 0.15) is 23.2 Å². The number of halogens is 2. The maximum absolute atomic E-state index is 14.5. The second-order valence-corrected chi connectivity index (χ2v) is 6.99. The zero-order valence-electron chi connectivity index (χ0n) is 15.7. The van der Waals surface area contributed by atoms with E-state index in [1.807, 2.05) is 16.8 Å². The van der Waals surface area contributed by atoms with Gasteiger partial charge in [-0.3, -0.25) is 9.88 Å². The number of imidazole rings is 1.